The Bertz CT molecular complexity index is 1270. The molecule has 2 heterocycles. The summed E-state index contributed by atoms with van der Waals surface area (Å²) >= 11 is 6.77. The lowest BCUT2D eigenvalue weighted by Gasteiger charge is -2.38. The molecular formula is C24H21ClO3P2. The van der Waals surface area contributed by atoms with Crippen LogP contribution < -0.4 is 15.1 Å². The molecule has 0 fully saturated rings. The molecule has 5 rings (SSSR count). The van der Waals surface area contributed by atoms with Gasteiger partial charge in [-0.2, -0.15) is 0 Å². The fourth-order valence-electron chi connectivity index (χ4n) is 4.49. The Balaban J connectivity index is 1.69. The molecule has 0 saturated carbocycles. The minimum Gasteiger partial charge on any atom is -0.439 e. The van der Waals surface area contributed by atoms with E-state index in [1.165, 1.54) is 0 Å². The van der Waals surface area contributed by atoms with Crippen LogP contribution in [0, 0.1) is 0 Å². The Morgan fingerprint density at radius 1 is 0.867 bits per heavy atom. The average Bonchev–Trinajstić information content (AvgIpc) is 2.77. The van der Waals surface area contributed by atoms with Crippen molar-refractivity contribution in [2.75, 3.05) is 12.3 Å². The van der Waals surface area contributed by atoms with Crippen LogP contribution in [0.2, 0.25) is 0 Å². The van der Waals surface area contributed by atoms with Crippen LogP contribution in [0.25, 0.3) is 11.1 Å². The number of halogens is 1. The predicted molar refractivity (Wildman–Crippen MR) is 126 cm³/mol. The zero-order chi connectivity index (χ0) is 20.9. The number of hydrogen-bond donors (Lipinski definition) is 0. The van der Waals surface area contributed by atoms with Crippen LogP contribution in [0.15, 0.2) is 89.5 Å². The molecular weight excluding hydrogens is 434 g/mol. The number of fused-ring (bicyclic) bond motifs is 3. The monoisotopic (exact) mass is 454 g/mol. The van der Waals surface area contributed by atoms with Crippen LogP contribution in [0.5, 0.6) is 5.75 Å². The van der Waals surface area contributed by atoms with Crippen molar-refractivity contribution in [3.05, 3.63) is 89.5 Å². The van der Waals surface area contributed by atoms with E-state index in [1.807, 2.05) is 85.8 Å². The lowest BCUT2D eigenvalue weighted by Crippen LogP contribution is -2.33. The highest BCUT2D eigenvalue weighted by atomic mass is 35.5. The Kier molecular flexibility index (Phi) is 4.82. The van der Waals surface area contributed by atoms with Crippen LogP contribution in [-0.2, 0) is 9.13 Å². The maximum Gasteiger partial charge on any atom is 0.286 e. The average molecular weight is 455 g/mol. The lowest BCUT2D eigenvalue weighted by atomic mass is 10.0. The molecule has 2 aliphatic rings. The highest BCUT2D eigenvalue weighted by Gasteiger charge is 2.50. The Morgan fingerprint density at radius 3 is 2.27 bits per heavy atom. The summed E-state index contributed by atoms with van der Waals surface area (Å²) in [5, 5.41) is 1.98. The van der Waals surface area contributed by atoms with Crippen molar-refractivity contribution >= 4 is 36.7 Å². The summed E-state index contributed by atoms with van der Waals surface area (Å²) in [7, 11) is -6.28. The van der Waals surface area contributed by atoms with Gasteiger partial charge in [-0.3, -0.25) is 4.57 Å². The Hall–Kier alpha value is -2.05. The maximum atomic E-state index is 14.6. The molecule has 0 saturated heterocycles. The summed E-state index contributed by atoms with van der Waals surface area (Å²) in [5.41, 5.74) is 2.01. The van der Waals surface area contributed by atoms with Gasteiger partial charge in [0.15, 0.2) is 0 Å². The van der Waals surface area contributed by atoms with Gasteiger partial charge in [-0.05, 0) is 24.6 Å². The molecule has 0 radical (unpaired) electrons. The van der Waals surface area contributed by atoms with Crippen molar-refractivity contribution < 1.29 is 13.7 Å². The van der Waals surface area contributed by atoms with Gasteiger partial charge in [0.2, 0.25) is 0 Å². The molecule has 0 aliphatic carbocycles. The molecule has 0 spiro atoms. The zero-order valence-corrected chi connectivity index (χ0v) is 19.0. The van der Waals surface area contributed by atoms with Crippen molar-refractivity contribution in [3.8, 4) is 16.9 Å². The van der Waals surface area contributed by atoms with Gasteiger partial charge in [0.05, 0.1) is 11.0 Å². The van der Waals surface area contributed by atoms with Crippen molar-refractivity contribution in [2.45, 2.75) is 12.6 Å². The summed E-state index contributed by atoms with van der Waals surface area (Å²) in [5.74, 6) is 0.585. The van der Waals surface area contributed by atoms with Gasteiger partial charge in [-0.25, -0.2) is 0 Å². The fraction of sp³-hybridized carbons (Fsp3) is 0.167. The molecule has 0 aromatic heterocycles. The molecule has 3 unspecified atom stereocenters. The van der Waals surface area contributed by atoms with E-state index in [0.717, 1.165) is 22.0 Å². The van der Waals surface area contributed by atoms with Crippen molar-refractivity contribution in [3.63, 3.8) is 0 Å². The summed E-state index contributed by atoms with van der Waals surface area (Å²) in [6.45, 7) is 1.89. The lowest BCUT2D eigenvalue weighted by molar-refractivity contribution is 0.484. The third kappa shape index (κ3) is 3.04. The first-order chi connectivity index (χ1) is 14.4. The predicted octanol–water partition coefficient (Wildman–Crippen LogP) is 6.23. The molecule has 152 valence electrons. The van der Waals surface area contributed by atoms with Crippen LogP contribution in [-0.4, -0.2) is 18.0 Å². The van der Waals surface area contributed by atoms with E-state index < -0.39 is 20.2 Å². The summed E-state index contributed by atoms with van der Waals surface area (Å²) < 4.78 is 34.9. The van der Waals surface area contributed by atoms with Crippen LogP contribution in [0.1, 0.15) is 6.92 Å². The van der Waals surface area contributed by atoms with E-state index in [2.05, 4.69) is 0 Å². The molecule has 3 aromatic rings. The molecule has 3 aromatic carbocycles. The van der Waals surface area contributed by atoms with Crippen LogP contribution in [0.4, 0.5) is 0 Å². The summed E-state index contributed by atoms with van der Waals surface area (Å²) in [6, 6.07) is 24.7. The van der Waals surface area contributed by atoms with Gasteiger partial charge in [0, 0.05) is 28.2 Å². The number of allylic oxidation sites excluding steroid dienone is 2. The van der Waals surface area contributed by atoms with Gasteiger partial charge < -0.3 is 9.09 Å². The Morgan fingerprint density at radius 2 is 1.50 bits per heavy atom. The second kappa shape index (κ2) is 7.27. The number of benzene rings is 3. The normalized spacial score (nSPS) is 27.7. The van der Waals surface area contributed by atoms with Crippen molar-refractivity contribution in [1.29, 1.82) is 0 Å². The van der Waals surface area contributed by atoms with Gasteiger partial charge in [-0.15, -0.1) is 0 Å². The molecule has 0 amide bonds. The first-order valence-electron chi connectivity index (χ1n) is 9.89. The quantitative estimate of drug-likeness (QED) is 0.431. The second-order valence-corrected chi connectivity index (χ2v) is 13.8. The molecule has 3 atom stereocenters. The SMILES string of the molecule is CC1=C(Cl)C(P2(=O)Oc3ccccc3-c3ccccc32)CP(=O)(c2ccccc2)C1. The minimum atomic E-state index is -3.47. The number of para-hydroxylation sites is 1. The Labute approximate surface area is 181 Å². The number of hydrogen-bond acceptors (Lipinski definition) is 3. The maximum absolute atomic E-state index is 14.6. The van der Waals surface area contributed by atoms with Gasteiger partial charge in [-0.1, -0.05) is 83.9 Å². The van der Waals surface area contributed by atoms with E-state index in [-0.39, 0.29) is 6.16 Å². The highest BCUT2D eigenvalue weighted by molar-refractivity contribution is 7.74. The number of rotatable bonds is 2. The largest absolute Gasteiger partial charge is 0.439 e. The summed E-state index contributed by atoms with van der Waals surface area (Å²) in [4.78, 5) is 0. The van der Waals surface area contributed by atoms with Gasteiger partial charge in [0.25, 0.3) is 7.37 Å². The molecule has 0 N–H and O–H groups in total. The smallest absolute Gasteiger partial charge is 0.286 e. The molecule has 0 bridgehead atoms. The van der Waals surface area contributed by atoms with E-state index in [9.17, 15) is 9.13 Å². The minimum absolute atomic E-state index is 0.237. The fourth-order valence-corrected chi connectivity index (χ4v) is 12.1. The second-order valence-electron chi connectivity index (χ2n) is 7.91. The van der Waals surface area contributed by atoms with E-state index >= 15 is 0 Å². The third-order valence-corrected chi connectivity index (χ3v) is 12.9. The van der Waals surface area contributed by atoms with Crippen LogP contribution in [0.3, 0.4) is 0 Å². The van der Waals surface area contributed by atoms with Crippen LogP contribution >= 0.6 is 26.1 Å². The summed E-state index contributed by atoms with van der Waals surface area (Å²) in [6.07, 6.45) is 0.644. The molecule has 6 heteroatoms. The first-order valence-corrected chi connectivity index (χ1v) is 14.0. The highest BCUT2D eigenvalue weighted by Crippen LogP contribution is 2.65. The topological polar surface area (TPSA) is 43.4 Å². The zero-order valence-electron chi connectivity index (χ0n) is 16.5. The van der Waals surface area contributed by atoms with Crippen molar-refractivity contribution in [1.82, 2.24) is 0 Å². The molecule has 2 aliphatic heterocycles. The van der Waals surface area contributed by atoms with Gasteiger partial charge in [0.1, 0.15) is 12.9 Å². The van der Waals surface area contributed by atoms with E-state index in [1.54, 1.807) is 0 Å². The molecule has 30 heavy (non-hydrogen) atoms. The first kappa shape index (κ1) is 19.9. The van der Waals surface area contributed by atoms with Gasteiger partial charge >= 0.3 is 0 Å². The standard InChI is InChI=1S/C24H21ClO3P2/c1-17-15-29(26,18-9-3-2-4-10-18)16-23(24(17)25)30(27)22-14-8-6-12-20(22)19-11-5-7-13-21(19)28-30/h2-14,23H,15-16H2,1H3. The van der Waals surface area contributed by atoms with E-state index in [4.69, 9.17) is 16.1 Å². The van der Waals surface area contributed by atoms with Crippen molar-refractivity contribution in [2.24, 2.45) is 0 Å². The molecule has 3 nitrogen and oxygen atoms in total. The van der Waals surface area contributed by atoms with E-state index in [0.29, 0.717) is 22.2 Å². The third-order valence-electron chi connectivity index (χ3n) is 5.95.